The molecule has 0 saturated heterocycles. The van der Waals surface area contributed by atoms with Crippen molar-refractivity contribution in [2.75, 3.05) is 13.7 Å². The predicted molar refractivity (Wildman–Crippen MR) is 44.5 cm³/mol. The lowest BCUT2D eigenvalue weighted by molar-refractivity contribution is -0.135. The molecule has 0 aromatic carbocycles. The molecule has 3 N–H and O–H groups in total. The minimum absolute atomic E-state index is 0.167. The van der Waals surface area contributed by atoms with Gasteiger partial charge in [0.05, 0.1) is 6.61 Å². The van der Waals surface area contributed by atoms with Crippen molar-refractivity contribution in [2.45, 2.75) is 6.92 Å². The second kappa shape index (κ2) is 5.81. The molecule has 0 radical (unpaired) electrons. The fraction of sp³-hybridized carbons (Fsp3) is 0.500. The van der Waals surface area contributed by atoms with Crippen molar-refractivity contribution in [3.8, 4) is 0 Å². The van der Waals surface area contributed by atoms with Crippen molar-refractivity contribution in [1.82, 2.24) is 0 Å². The Morgan fingerprint density at radius 1 is 1.62 bits per heavy atom. The molecule has 0 heterocycles. The molecule has 0 aliphatic heterocycles. The molecule has 0 rings (SSSR count). The van der Waals surface area contributed by atoms with Gasteiger partial charge in [-0.15, -0.1) is 0 Å². The van der Waals surface area contributed by atoms with E-state index in [9.17, 15) is 4.79 Å². The minimum Gasteiger partial charge on any atom is -0.461 e. The Labute approximate surface area is 74.8 Å². The third kappa shape index (κ3) is 3.41. The van der Waals surface area contributed by atoms with Gasteiger partial charge in [0.1, 0.15) is 7.11 Å². The van der Waals surface area contributed by atoms with Crippen LogP contribution in [-0.4, -0.2) is 36.4 Å². The highest BCUT2D eigenvalue weighted by molar-refractivity contribution is 6.64. The van der Waals surface area contributed by atoms with Crippen LogP contribution in [0.15, 0.2) is 10.3 Å². The summed E-state index contributed by atoms with van der Waals surface area (Å²) in [5.41, 5.74) is 4.75. The van der Waals surface area contributed by atoms with Gasteiger partial charge in [-0.05, 0) is 6.92 Å². The number of oxime groups is 2. The van der Waals surface area contributed by atoms with Gasteiger partial charge < -0.3 is 20.5 Å². The van der Waals surface area contributed by atoms with E-state index in [1.54, 1.807) is 6.92 Å². The zero-order valence-corrected chi connectivity index (χ0v) is 7.35. The first-order valence-electron chi connectivity index (χ1n) is 3.43. The number of rotatable bonds is 4. The fourth-order valence-electron chi connectivity index (χ4n) is 0.527. The van der Waals surface area contributed by atoms with Crippen molar-refractivity contribution < 1.29 is 19.6 Å². The van der Waals surface area contributed by atoms with Crippen molar-refractivity contribution in [3.63, 3.8) is 0 Å². The first kappa shape index (κ1) is 11.2. The molecule has 0 spiro atoms. The first-order chi connectivity index (χ1) is 6.17. The first-order valence-corrected chi connectivity index (χ1v) is 3.43. The third-order valence-corrected chi connectivity index (χ3v) is 1.00. The monoisotopic (exact) mass is 189 g/mol. The number of nitrogens with zero attached hydrogens (tertiary/aromatic N) is 2. The maximum Gasteiger partial charge on any atom is 0.364 e. The van der Waals surface area contributed by atoms with Crippen LogP contribution in [0.25, 0.3) is 0 Å². The zero-order valence-electron chi connectivity index (χ0n) is 7.35. The molecule has 0 aromatic rings. The molecular formula is C6H11N3O4. The minimum atomic E-state index is -0.806. The molecule has 0 atom stereocenters. The van der Waals surface area contributed by atoms with Crippen LogP contribution in [0.3, 0.4) is 0 Å². The fourth-order valence-corrected chi connectivity index (χ4v) is 0.527. The molecule has 0 aromatic heterocycles. The maximum absolute atomic E-state index is 11.0. The number of hydrogen-bond acceptors (Lipinski definition) is 6. The second-order valence-electron chi connectivity index (χ2n) is 1.83. The van der Waals surface area contributed by atoms with E-state index < -0.39 is 11.8 Å². The summed E-state index contributed by atoms with van der Waals surface area (Å²) in [6, 6.07) is 0. The Balaban J connectivity index is 4.62. The quantitative estimate of drug-likeness (QED) is 0.200. The van der Waals surface area contributed by atoms with Crippen LogP contribution in [0.2, 0.25) is 0 Å². The Hall–Kier alpha value is -1.79. The van der Waals surface area contributed by atoms with E-state index in [1.165, 1.54) is 7.11 Å². The maximum atomic E-state index is 11.0. The highest BCUT2D eigenvalue weighted by Crippen LogP contribution is 1.87. The number of nitrogens with two attached hydrogens (primary N) is 1. The molecule has 0 amide bonds. The van der Waals surface area contributed by atoms with Crippen molar-refractivity contribution in [1.29, 1.82) is 0 Å². The summed E-state index contributed by atoms with van der Waals surface area (Å²) in [6.45, 7) is 1.79. The van der Waals surface area contributed by atoms with E-state index >= 15 is 0 Å². The number of hydrogen-bond donors (Lipinski definition) is 2. The van der Waals surface area contributed by atoms with E-state index in [-0.39, 0.29) is 12.3 Å². The van der Waals surface area contributed by atoms with E-state index in [0.717, 1.165) is 0 Å². The Bertz CT molecular complexity index is 236. The molecule has 7 heteroatoms. The van der Waals surface area contributed by atoms with Crippen molar-refractivity contribution in [2.24, 2.45) is 16.0 Å². The highest BCUT2D eigenvalue weighted by Gasteiger charge is 2.18. The van der Waals surface area contributed by atoms with E-state index in [0.29, 0.717) is 0 Å². The summed E-state index contributed by atoms with van der Waals surface area (Å²) in [5, 5.41) is 14.1. The number of ether oxygens (including phenoxy) is 1. The van der Waals surface area contributed by atoms with Crippen LogP contribution in [0.1, 0.15) is 6.92 Å². The van der Waals surface area contributed by atoms with Crippen LogP contribution < -0.4 is 5.73 Å². The van der Waals surface area contributed by atoms with Gasteiger partial charge >= 0.3 is 5.97 Å². The van der Waals surface area contributed by atoms with Crippen molar-refractivity contribution >= 4 is 17.5 Å². The van der Waals surface area contributed by atoms with Gasteiger partial charge in [0.2, 0.25) is 5.71 Å². The summed E-state index contributed by atoms with van der Waals surface area (Å²) >= 11 is 0. The van der Waals surface area contributed by atoms with Crippen LogP contribution in [0.4, 0.5) is 0 Å². The van der Waals surface area contributed by atoms with Gasteiger partial charge in [0.15, 0.2) is 5.84 Å². The van der Waals surface area contributed by atoms with Gasteiger partial charge in [-0.2, -0.15) is 0 Å². The van der Waals surface area contributed by atoms with Crippen LogP contribution in [0.5, 0.6) is 0 Å². The van der Waals surface area contributed by atoms with Crippen LogP contribution in [-0.2, 0) is 14.4 Å². The average molecular weight is 189 g/mol. The zero-order chi connectivity index (χ0) is 10.3. The standard InChI is InChI=1S/C6H11N3O4/c1-3-13-6(10)4(9-12-2)5(7)8-11/h11H,3H2,1-2H3,(H2,7,8)/b9-4-. The SMILES string of the molecule is CCOC(=O)C(=N\OC)/C(N)=N/O. The molecule has 74 valence electrons. The molecule has 0 unspecified atom stereocenters. The number of carbonyl (C=O) groups excluding carboxylic acids is 1. The second-order valence-corrected chi connectivity index (χ2v) is 1.83. The highest BCUT2D eigenvalue weighted by atomic mass is 16.6. The average Bonchev–Trinajstić information content (AvgIpc) is 2.13. The molecule has 0 aliphatic rings. The van der Waals surface area contributed by atoms with E-state index in [2.05, 4.69) is 19.9 Å². The molecule has 0 bridgehead atoms. The molecule has 7 nitrogen and oxygen atoms in total. The number of amidine groups is 1. The van der Waals surface area contributed by atoms with Gasteiger partial charge in [0, 0.05) is 0 Å². The van der Waals surface area contributed by atoms with Gasteiger partial charge in [-0.3, -0.25) is 0 Å². The lowest BCUT2D eigenvalue weighted by Gasteiger charge is -2.02. The van der Waals surface area contributed by atoms with Gasteiger partial charge in [-0.1, -0.05) is 10.3 Å². The Morgan fingerprint density at radius 2 is 2.23 bits per heavy atom. The van der Waals surface area contributed by atoms with Gasteiger partial charge in [0.25, 0.3) is 0 Å². The van der Waals surface area contributed by atoms with Gasteiger partial charge in [-0.25, -0.2) is 4.79 Å². The summed E-state index contributed by atoms with van der Waals surface area (Å²) in [6.07, 6.45) is 0. The predicted octanol–water partition coefficient (Wildman–Crippen LogP) is -0.702. The van der Waals surface area contributed by atoms with Crippen LogP contribution in [0, 0.1) is 0 Å². The molecule has 0 aliphatic carbocycles. The van der Waals surface area contributed by atoms with E-state index in [1.807, 2.05) is 0 Å². The summed E-state index contributed by atoms with van der Waals surface area (Å²) in [7, 11) is 1.23. The summed E-state index contributed by atoms with van der Waals surface area (Å²) in [5.74, 6) is -1.26. The number of esters is 1. The van der Waals surface area contributed by atoms with Crippen LogP contribution >= 0.6 is 0 Å². The normalized spacial score (nSPS) is 12.5. The summed E-state index contributed by atoms with van der Waals surface area (Å²) < 4.78 is 4.56. The summed E-state index contributed by atoms with van der Waals surface area (Å²) in [4.78, 5) is 15.3. The topological polar surface area (TPSA) is 106 Å². The lowest BCUT2D eigenvalue weighted by Crippen LogP contribution is -2.32. The van der Waals surface area contributed by atoms with Crippen molar-refractivity contribution in [3.05, 3.63) is 0 Å². The molecular weight excluding hydrogens is 178 g/mol. The smallest absolute Gasteiger partial charge is 0.364 e. The lowest BCUT2D eigenvalue weighted by atomic mass is 10.3. The Kier molecular flexibility index (Phi) is 5.01. The molecule has 13 heavy (non-hydrogen) atoms. The molecule has 0 fully saturated rings. The Morgan fingerprint density at radius 3 is 2.62 bits per heavy atom. The number of carbonyl (C=O) groups is 1. The molecule has 0 saturated carbocycles. The third-order valence-electron chi connectivity index (χ3n) is 1.00. The van der Waals surface area contributed by atoms with E-state index in [4.69, 9.17) is 10.9 Å². The largest absolute Gasteiger partial charge is 0.461 e.